The van der Waals surface area contributed by atoms with Crippen LogP contribution in [0.3, 0.4) is 0 Å². The molecule has 4 heteroatoms. The molecule has 0 radical (unpaired) electrons. The van der Waals surface area contributed by atoms with Gasteiger partial charge in [0, 0.05) is 12.1 Å². The maximum atomic E-state index is 12.7. The Kier molecular flexibility index (Phi) is 5.05. The van der Waals surface area contributed by atoms with Crippen molar-refractivity contribution in [2.45, 2.75) is 31.9 Å². The van der Waals surface area contributed by atoms with Gasteiger partial charge in [-0.05, 0) is 48.7 Å². The normalized spacial score (nSPS) is 18.5. The second-order valence-corrected chi connectivity index (χ2v) is 7.34. The second kappa shape index (κ2) is 7.81. The average molecular weight is 382 g/mol. The fraction of sp³-hybridized carbons (Fsp3) is 0.200. The van der Waals surface area contributed by atoms with Gasteiger partial charge in [0.1, 0.15) is 12.4 Å². The minimum atomic E-state index is -0.996. The summed E-state index contributed by atoms with van der Waals surface area (Å²) in [5.41, 5.74) is 2.77. The van der Waals surface area contributed by atoms with Gasteiger partial charge >= 0.3 is 0 Å². The van der Waals surface area contributed by atoms with Crippen LogP contribution in [0, 0.1) is 18.3 Å². The summed E-state index contributed by atoms with van der Waals surface area (Å²) in [5, 5.41) is 10.1. The summed E-state index contributed by atoms with van der Waals surface area (Å²) < 4.78 is 5.86. The molecule has 1 heterocycles. The Bertz CT molecular complexity index is 1040. The van der Waals surface area contributed by atoms with Crippen molar-refractivity contribution in [3.8, 4) is 11.8 Å². The molecule has 144 valence electrons. The number of nitrogens with zero attached hydrogens (tertiary/aromatic N) is 2. The number of carbonyl (C=O) groups is 1. The number of rotatable bonds is 5. The highest BCUT2D eigenvalue weighted by atomic mass is 16.5. The van der Waals surface area contributed by atoms with E-state index in [1.54, 1.807) is 4.90 Å². The first-order valence-corrected chi connectivity index (χ1v) is 9.71. The van der Waals surface area contributed by atoms with E-state index in [0.29, 0.717) is 19.4 Å². The smallest absolute Gasteiger partial charge is 0.228 e. The first-order valence-electron chi connectivity index (χ1n) is 9.71. The molecule has 4 rings (SSSR count). The molecule has 29 heavy (non-hydrogen) atoms. The summed E-state index contributed by atoms with van der Waals surface area (Å²) in [5.74, 6) is 0.705. The third-order valence-corrected chi connectivity index (χ3v) is 5.39. The summed E-state index contributed by atoms with van der Waals surface area (Å²) in [6, 6.07) is 27.7. The zero-order valence-electron chi connectivity index (χ0n) is 16.3. The lowest BCUT2D eigenvalue weighted by Gasteiger charge is -2.33. The molecule has 1 aliphatic rings. The molecule has 1 fully saturated rings. The Morgan fingerprint density at radius 2 is 1.69 bits per heavy atom. The van der Waals surface area contributed by atoms with E-state index in [-0.39, 0.29) is 5.91 Å². The quantitative estimate of drug-likeness (QED) is 0.615. The van der Waals surface area contributed by atoms with Gasteiger partial charge in [-0.25, -0.2) is 0 Å². The number of hydrogen-bond donors (Lipinski definition) is 0. The summed E-state index contributed by atoms with van der Waals surface area (Å²) in [6.07, 6.45) is 0.828. The van der Waals surface area contributed by atoms with Gasteiger partial charge in [0.25, 0.3) is 0 Å². The predicted molar refractivity (Wildman–Crippen MR) is 112 cm³/mol. The monoisotopic (exact) mass is 382 g/mol. The second-order valence-electron chi connectivity index (χ2n) is 7.34. The van der Waals surface area contributed by atoms with Gasteiger partial charge < -0.3 is 4.74 Å². The Hall–Kier alpha value is -3.58. The summed E-state index contributed by atoms with van der Waals surface area (Å²) in [7, 11) is 0. The Morgan fingerprint density at radius 1 is 1.00 bits per heavy atom. The van der Waals surface area contributed by atoms with Gasteiger partial charge in [0.05, 0.1) is 6.07 Å². The minimum Gasteiger partial charge on any atom is -0.489 e. The van der Waals surface area contributed by atoms with Crippen molar-refractivity contribution in [3.63, 3.8) is 0 Å². The number of benzene rings is 3. The van der Waals surface area contributed by atoms with Crippen molar-refractivity contribution in [2.24, 2.45) is 0 Å². The largest absolute Gasteiger partial charge is 0.489 e. The third kappa shape index (κ3) is 3.60. The van der Waals surface area contributed by atoms with Crippen LogP contribution in [0.5, 0.6) is 5.75 Å². The molecule has 1 aliphatic heterocycles. The molecule has 0 aliphatic carbocycles. The first-order chi connectivity index (χ1) is 14.1. The van der Waals surface area contributed by atoms with Crippen molar-refractivity contribution in [1.29, 1.82) is 5.26 Å². The van der Waals surface area contributed by atoms with Gasteiger partial charge in [0.2, 0.25) is 5.91 Å². The standard InChI is InChI=1S/C25H22N2O2/c1-19-7-11-22(12-8-19)27-24(28)15-16-25(27,18-26)21-9-13-23(14-10-21)29-17-20-5-3-2-4-6-20/h2-14H,15-17H2,1H3. The highest BCUT2D eigenvalue weighted by Gasteiger charge is 2.48. The van der Waals surface area contributed by atoms with E-state index in [2.05, 4.69) is 6.07 Å². The molecule has 4 nitrogen and oxygen atoms in total. The zero-order valence-corrected chi connectivity index (χ0v) is 16.3. The fourth-order valence-electron chi connectivity index (χ4n) is 3.79. The number of ether oxygens (including phenoxy) is 1. The van der Waals surface area contributed by atoms with E-state index >= 15 is 0 Å². The van der Waals surface area contributed by atoms with Crippen molar-refractivity contribution in [2.75, 3.05) is 4.90 Å². The van der Waals surface area contributed by atoms with E-state index in [1.165, 1.54) is 0 Å². The van der Waals surface area contributed by atoms with Crippen molar-refractivity contribution in [1.82, 2.24) is 0 Å². The molecule has 0 N–H and O–H groups in total. The zero-order chi connectivity index (χ0) is 20.3. The van der Waals surface area contributed by atoms with Crippen LogP contribution in [-0.2, 0) is 16.9 Å². The molecule has 1 saturated heterocycles. The van der Waals surface area contributed by atoms with Gasteiger partial charge in [-0.2, -0.15) is 5.26 Å². The number of carbonyl (C=O) groups excluding carboxylic acids is 1. The van der Waals surface area contributed by atoms with Crippen LogP contribution in [0.4, 0.5) is 5.69 Å². The highest BCUT2D eigenvalue weighted by molar-refractivity contribution is 5.98. The van der Waals surface area contributed by atoms with Crippen LogP contribution in [0.25, 0.3) is 0 Å². The van der Waals surface area contributed by atoms with E-state index in [0.717, 1.165) is 28.1 Å². The SMILES string of the molecule is Cc1ccc(N2C(=O)CCC2(C#N)c2ccc(OCc3ccccc3)cc2)cc1. The molecule has 0 saturated carbocycles. The molecular formula is C25H22N2O2. The molecule has 0 spiro atoms. The third-order valence-electron chi connectivity index (χ3n) is 5.39. The number of nitriles is 1. The summed E-state index contributed by atoms with van der Waals surface area (Å²) >= 11 is 0. The van der Waals surface area contributed by atoms with E-state index in [4.69, 9.17) is 4.74 Å². The first kappa shape index (κ1) is 18.8. The lowest BCUT2D eigenvalue weighted by Crippen LogP contribution is -2.42. The van der Waals surface area contributed by atoms with Crippen LogP contribution in [0.2, 0.25) is 0 Å². The van der Waals surface area contributed by atoms with Gasteiger partial charge in [-0.15, -0.1) is 0 Å². The summed E-state index contributed by atoms with van der Waals surface area (Å²) in [4.78, 5) is 14.3. The van der Waals surface area contributed by atoms with Crippen LogP contribution < -0.4 is 9.64 Å². The van der Waals surface area contributed by atoms with Crippen LogP contribution in [0.15, 0.2) is 78.9 Å². The number of hydrogen-bond acceptors (Lipinski definition) is 3. The van der Waals surface area contributed by atoms with E-state index < -0.39 is 5.54 Å². The highest BCUT2D eigenvalue weighted by Crippen LogP contribution is 2.42. The average Bonchev–Trinajstić information content (AvgIpc) is 3.11. The molecule has 1 atom stereocenters. The Morgan fingerprint density at radius 3 is 2.34 bits per heavy atom. The number of anilines is 1. The fourth-order valence-corrected chi connectivity index (χ4v) is 3.79. The van der Waals surface area contributed by atoms with E-state index in [1.807, 2.05) is 85.8 Å². The molecule has 0 aromatic heterocycles. The van der Waals surface area contributed by atoms with Gasteiger partial charge in [-0.1, -0.05) is 60.2 Å². The lowest BCUT2D eigenvalue weighted by atomic mass is 9.88. The van der Waals surface area contributed by atoms with Gasteiger partial charge in [-0.3, -0.25) is 9.69 Å². The maximum Gasteiger partial charge on any atom is 0.228 e. The lowest BCUT2D eigenvalue weighted by molar-refractivity contribution is -0.117. The molecule has 1 unspecified atom stereocenters. The molecule has 3 aromatic carbocycles. The maximum absolute atomic E-state index is 12.7. The summed E-state index contributed by atoms with van der Waals surface area (Å²) in [6.45, 7) is 2.48. The molecular weight excluding hydrogens is 360 g/mol. The topological polar surface area (TPSA) is 53.3 Å². The van der Waals surface area contributed by atoms with E-state index in [9.17, 15) is 10.1 Å². The minimum absolute atomic E-state index is 0.0280. The van der Waals surface area contributed by atoms with Crippen LogP contribution in [-0.4, -0.2) is 5.91 Å². The number of amides is 1. The molecule has 3 aromatic rings. The molecule has 1 amide bonds. The van der Waals surface area contributed by atoms with Crippen LogP contribution in [0.1, 0.15) is 29.5 Å². The van der Waals surface area contributed by atoms with Crippen molar-refractivity contribution in [3.05, 3.63) is 95.6 Å². The van der Waals surface area contributed by atoms with Crippen LogP contribution >= 0.6 is 0 Å². The van der Waals surface area contributed by atoms with Gasteiger partial charge in [0.15, 0.2) is 5.54 Å². The predicted octanol–water partition coefficient (Wildman–Crippen LogP) is 5.12. The van der Waals surface area contributed by atoms with Crippen molar-refractivity contribution >= 4 is 11.6 Å². The Balaban J connectivity index is 1.60. The molecule has 0 bridgehead atoms. The Labute approximate surface area is 171 Å². The number of aryl methyl sites for hydroxylation is 1. The van der Waals surface area contributed by atoms with Crippen molar-refractivity contribution < 1.29 is 9.53 Å².